The lowest BCUT2D eigenvalue weighted by Gasteiger charge is -2.27. The van der Waals surface area contributed by atoms with Gasteiger partial charge < -0.3 is 24.4 Å². The van der Waals surface area contributed by atoms with Crippen LogP contribution in [0.25, 0.3) is 5.57 Å². The van der Waals surface area contributed by atoms with Crippen molar-refractivity contribution < 1.29 is 29.2 Å². The molecule has 0 atom stereocenters. The van der Waals surface area contributed by atoms with Gasteiger partial charge in [-0.1, -0.05) is 70.5 Å². The Morgan fingerprint density at radius 2 is 1.30 bits per heavy atom. The van der Waals surface area contributed by atoms with Gasteiger partial charge in [0, 0.05) is 5.57 Å². The molecule has 0 aliphatic carbocycles. The maximum atomic E-state index is 13.2. The molecule has 0 aliphatic heterocycles. The van der Waals surface area contributed by atoms with Crippen molar-refractivity contribution in [3.63, 3.8) is 0 Å². The highest BCUT2D eigenvalue weighted by atomic mass is 79.9. The van der Waals surface area contributed by atoms with E-state index < -0.39 is 11.6 Å². The van der Waals surface area contributed by atoms with Gasteiger partial charge in [0.1, 0.15) is 18.1 Å². The smallest absolute Gasteiger partial charge is 0.348 e. The number of methoxy groups -OCH3 is 2. The Bertz CT molecular complexity index is 983. The molecule has 0 unspecified atom stereocenters. The molecule has 0 amide bonds. The molecule has 0 spiro atoms. The third kappa shape index (κ3) is 6.15. The molecule has 3 aromatic rings. The van der Waals surface area contributed by atoms with Crippen LogP contribution < -0.4 is 9.47 Å². The first-order valence-corrected chi connectivity index (χ1v) is 11.6. The summed E-state index contributed by atoms with van der Waals surface area (Å²) in [6.07, 6.45) is 0.891. The number of halogens is 1. The zero-order valence-corrected chi connectivity index (χ0v) is 20.3. The standard InChI is InChI=1S/C25H24O6.CH3Br/c1-29-22-12-8-20(9-13-22)25(28,21-10-14-23(30-2)15-11-21)24(27)31-17-19(16-26)18-6-4-3-5-7-18;1-2/h3-16,26,28H,17H2,1-2H3;1H3. The zero-order valence-electron chi connectivity index (χ0n) is 18.7. The fourth-order valence-corrected chi connectivity index (χ4v) is 3.16. The van der Waals surface area contributed by atoms with Crippen LogP contribution >= 0.6 is 15.9 Å². The van der Waals surface area contributed by atoms with Crippen LogP contribution in [0.4, 0.5) is 0 Å². The quantitative estimate of drug-likeness (QED) is 0.247. The fraction of sp³-hybridized carbons (Fsp3) is 0.192. The Morgan fingerprint density at radius 1 is 0.848 bits per heavy atom. The molecule has 3 aromatic carbocycles. The highest BCUT2D eigenvalue weighted by Gasteiger charge is 2.42. The van der Waals surface area contributed by atoms with E-state index in [1.807, 2.05) is 24.0 Å². The number of ether oxygens (including phenoxy) is 3. The Hall–Kier alpha value is -3.29. The van der Waals surface area contributed by atoms with E-state index in [0.29, 0.717) is 33.8 Å². The predicted molar refractivity (Wildman–Crippen MR) is 132 cm³/mol. The molecule has 0 bridgehead atoms. The number of hydrogen-bond acceptors (Lipinski definition) is 6. The van der Waals surface area contributed by atoms with Crippen molar-refractivity contribution in [2.75, 3.05) is 26.7 Å². The monoisotopic (exact) mass is 514 g/mol. The van der Waals surface area contributed by atoms with Crippen LogP contribution in [0.5, 0.6) is 11.5 Å². The van der Waals surface area contributed by atoms with Gasteiger partial charge in [0.25, 0.3) is 0 Å². The van der Waals surface area contributed by atoms with Gasteiger partial charge in [-0.3, -0.25) is 0 Å². The van der Waals surface area contributed by atoms with E-state index in [1.54, 1.807) is 60.7 Å². The van der Waals surface area contributed by atoms with Gasteiger partial charge in [-0.05, 0) is 46.8 Å². The maximum Gasteiger partial charge on any atom is 0.348 e. The Kier molecular flexibility index (Phi) is 9.97. The van der Waals surface area contributed by atoms with E-state index in [9.17, 15) is 15.0 Å². The van der Waals surface area contributed by atoms with E-state index in [1.165, 1.54) is 14.2 Å². The van der Waals surface area contributed by atoms with E-state index in [4.69, 9.17) is 14.2 Å². The lowest BCUT2D eigenvalue weighted by molar-refractivity contribution is -0.160. The molecule has 174 valence electrons. The fourth-order valence-electron chi connectivity index (χ4n) is 3.16. The summed E-state index contributed by atoms with van der Waals surface area (Å²) in [6.45, 7) is -0.214. The first-order chi connectivity index (χ1) is 16.0. The molecule has 2 N–H and O–H groups in total. The SMILES string of the molecule is CBr.COc1ccc(C(O)(C(=O)OCC(=CO)c2ccccc2)c2ccc(OC)cc2)cc1. The minimum atomic E-state index is -2.07. The summed E-state index contributed by atoms with van der Waals surface area (Å²) in [4.78, 5) is 13.2. The first kappa shape index (κ1) is 26.0. The van der Waals surface area contributed by atoms with E-state index in [2.05, 4.69) is 15.9 Å². The first-order valence-electron chi connectivity index (χ1n) is 9.98. The highest BCUT2D eigenvalue weighted by Crippen LogP contribution is 2.33. The van der Waals surface area contributed by atoms with E-state index in [-0.39, 0.29) is 6.61 Å². The number of benzene rings is 3. The largest absolute Gasteiger partial charge is 0.515 e. The van der Waals surface area contributed by atoms with Crippen LogP contribution in [0.2, 0.25) is 0 Å². The third-order valence-corrected chi connectivity index (χ3v) is 4.97. The number of alkyl halides is 1. The molecule has 3 rings (SSSR count). The zero-order chi connectivity index (χ0) is 24.3. The molecule has 0 heterocycles. The van der Waals surface area contributed by atoms with Crippen LogP contribution in [0.3, 0.4) is 0 Å². The number of carbonyl (C=O) groups is 1. The van der Waals surface area contributed by atoms with Gasteiger partial charge in [-0.15, -0.1) is 0 Å². The van der Waals surface area contributed by atoms with Crippen LogP contribution in [0, 0.1) is 0 Å². The second-order valence-corrected chi connectivity index (χ2v) is 6.76. The number of aliphatic hydroxyl groups excluding tert-OH is 1. The topological polar surface area (TPSA) is 85.2 Å². The Morgan fingerprint density at radius 3 is 1.70 bits per heavy atom. The van der Waals surface area contributed by atoms with Crippen molar-refractivity contribution in [2.45, 2.75) is 5.60 Å². The van der Waals surface area contributed by atoms with Gasteiger partial charge in [-0.25, -0.2) is 4.79 Å². The minimum absolute atomic E-state index is 0.214. The van der Waals surface area contributed by atoms with Crippen molar-refractivity contribution in [1.82, 2.24) is 0 Å². The summed E-state index contributed by atoms with van der Waals surface area (Å²) in [5.41, 5.74) is -0.332. The van der Waals surface area contributed by atoms with Gasteiger partial charge in [0.15, 0.2) is 0 Å². The van der Waals surface area contributed by atoms with Crippen LogP contribution in [-0.4, -0.2) is 42.8 Å². The van der Waals surface area contributed by atoms with Crippen molar-refractivity contribution in [3.05, 3.63) is 102 Å². The van der Waals surface area contributed by atoms with Crippen molar-refractivity contribution in [3.8, 4) is 11.5 Å². The summed E-state index contributed by atoms with van der Waals surface area (Å²) in [6, 6.07) is 22.1. The molecule has 0 saturated carbocycles. The third-order valence-electron chi connectivity index (χ3n) is 4.97. The van der Waals surface area contributed by atoms with Gasteiger partial charge >= 0.3 is 5.97 Å². The van der Waals surface area contributed by atoms with Crippen LogP contribution in [0.1, 0.15) is 16.7 Å². The van der Waals surface area contributed by atoms with Crippen LogP contribution in [0.15, 0.2) is 85.1 Å². The molecule has 0 aromatic heterocycles. The molecular weight excluding hydrogens is 488 g/mol. The maximum absolute atomic E-state index is 13.2. The Balaban J connectivity index is 0.00000187. The minimum Gasteiger partial charge on any atom is -0.515 e. The second-order valence-electron chi connectivity index (χ2n) is 6.76. The number of hydrogen-bond donors (Lipinski definition) is 2. The number of aliphatic hydroxyl groups is 2. The van der Waals surface area contributed by atoms with Gasteiger partial charge in [-0.2, -0.15) is 0 Å². The van der Waals surface area contributed by atoms with Crippen molar-refractivity contribution in [1.29, 1.82) is 0 Å². The number of esters is 1. The van der Waals surface area contributed by atoms with Gasteiger partial charge in [0.2, 0.25) is 5.60 Å². The van der Waals surface area contributed by atoms with Crippen LogP contribution in [-0.2, 0) is 15.1 Å². The summed E-state index contributed by atoms with van der Waals surface area (Å²) >= 11 is 2.94. The normalized spacial score (nSPS) is 11.1. The Labute approximate surface area is 202 Å². The lowest BCUT2D eigenvalue weighted by Crippen LogP contribution is -2.38. The number of rotatable bonds is 8. The van der Waals surface area contributed by atoms with Crippen molar-refractivity contribution in [2.24, 2.45) is 0 Å². The van der Waals surface area contributed by atoms with E-state index in [0.717, 1.165) is 6.26 Å². The summed E-state index contributed by atoms with van der Waals surface area (Å²) < 4.78 is 15.8. The van der Waals surface area contributed by atoms with E-state index >= 15 is 0 Å². The molecule has 6 nitrogen and oxygen atoms in total. The summed E-state index contributed by atoms with van der Waals surface area (Å²) in [5, 5.41) is 21.2. The highest BCUT2D eigenvalue weighted by molar-refractivity contribution is 9.08. The number of carbonyl (C=O) groups excluding carboxylic acids is 1. The summed E-state index contributed by atoms with van der Waals surface area (Å²) in [5.74, 6) is 2.11. The molecule has 33 heavy (non-hydrogen) atoms. The van der Waals surface area contributed by atoms with Gasteiger partial charge in [0.05, 0.1) is 20.5 Å². The average Bonchev–Trinajstić information content (AvgIpc) is 2.90. The predicted octanol–water partition coefficient (Wildman–Crippen LogP) is 5.09. The molecule has 7 heteroatoms. The molecule has 0 radical (unpaired) electrons. The molecule has 0 saturated heterocycles. The van der Waals surface area contributed by atoms with Crippen molar-refractivity contribution >= 4 is 27.5 Å². The average molecular weight is 515 g/mol. The summed E-state index contributed by atoms with van der Waals surface area (Å²) in [7, 11) is 3.07. The lowest BCUT2D eigenvalue weighted by atomic mass is 9.86. The molecule has 0 fully saturated rings. The second kappa shape index (κ2) is 12.7. The molecular formula is C26H27BrO6. The molecule has 0 aliphatic rings.